The first-order valence-corrected chi connectivity index (χ1v) is 19.8. The van der Waals surface area contributed by atoms with Gasteiger partial charge in [-0.3, -0.25) is 0 Å². The Kier molecular flexibility index (Phi) is 10.5. The highest BCUT2D eigenvalue weighted by molar-refractivity contribution is 9.10. The van der Waals surface area contributed by atoms with Crippen LogP contribution in [0.4, 0.5) is 0 Å². The molecular formula is C46H41BrN6O3. The van der Waals surface area contributed by atoms with Gasteiger partial charge in [-0.15, -0.1) is 15.0 Å². The summed E-state index contributed by atoms with van der Waals surface area (Å²) in [6, 6.07) is 44.7. The molecule has 3 aromatic heterocycles. The van der Waals surface area contributed by atoms with Gasteiger partial charge in [0.05, 0.1) is 10.2 Å². The number of carbonyl (C=O) groups is 1. The number of aryl methyl sites for hydroxylation is 2. The zero-order chi connectivity index (χ0) is 38.6. The smallest absolute Gasteiger partial charge is 0.354 e. The second-order valence-corrected chi connectivity index (χ2v) is 14.7. The topological polar surface area (TPSA) is 112 Å². The SMILES string of the molecule is CCCCc1nc(CCC)c(C(=O)O)n1Cc1ccc2oc(-c3ccccc3-c3nnn(C(c4ccccc4)(c4ccccc4)c4ccccc4)n3)c(Br)c2c1. The number of tetrazole rings is 1. The van der Waals surface area contributed by atoms with Crippen molar-refractivity contribution in [2.45, 2.75) is 58.0 Å². The van der Waals surface area contributed by atoms with E-state index in [0.29, 0.717) is 35.8 Å². The Morgan fingerprint density at radius 3 is 1.96 bits per heavy atom. The molecule has 0 atom stereocenters. The van der Waals surface area contributed by atoms with Crippen LogP contribution >= 0.6 is 15.9 Å². The molecule has 280 valence electrons. The van der Waals surface area contributed by atoms with Gasteiger partial charge in [0, 0.05) is 29.5 Å². The largest absolute Gasteiger partial charge is 0.477 e. The molecule has 0 saturated heterocycles. The molecule has 0 aliphatic heterocycles. The minimum Gasteiger partial charge on any atom is -0.477 e. The van der Waals surface area contributed by atoms with Gasteiger partial charge in [-0.25, -0.2) is 9.78 Å². The number of imidazole rings is 1. The lowest BCUT2D eigenvalue weighted by Crippen LogP contribution is -2.39. The van der Waals surface area contributed by atoms with Gasteiger partial charge in [-0.1, -0.05) is 148 Å². The summed E-state index contributed by atoms with van der Waals surface area (Å²) in [7, 11) is 0. The number of fused-ring (bicyclic) bond motifs is 1. The molecule has 0 fully saturated rings. The highest BCUT2D eigenvalue weighted by atomic mass is 79.9. The van der Waals surface area contributed by atoms with E-state index in [-0.39, 0.29) is 5.69 Å². The number of hydrogen-bond acceptors (Lipinski definition) is 6. The predicted octanol–water partition coefficient (Wildman–Crippen LogP) is 10.6. The van der Waals surface area contributed by atoms with Crippen LogP contribution in [0.1, 0.15) is 77.4 Å². The van der Waals surface area contributed by atoms with E-state index in [4.69, 9.17) is 24.8 Å². The van der Waals surface area contributed by atoms with E-state index < -0.39 is 11.5 Å². The molecule has 1 N–H and O–H groups in total. The lowest BCUT2D eigenvalue weighted by Gasteiger charge is -2.34. The number of halogens is 1. The fourth-order valence-electron chi connectivity index (χ4n) is 7.69. The summed E-state index contributed by atoms with van der Waals surface area (Å²) in [5.41, 5.74) is 6.20. The van der Waals surface area contributed by atoms with E-state index in [0.717, 1.165) is 74.7 Å². The van der Waals surface area contributed by atoms with Gasteiger partial charge in [0.25, 0.3) is 0 Å². The fraction of sp³-hybridized carbons (Fsp3) is 0.196. The van der Waals surface area contributed by atoms with Crippen LogP contribution in [0.25, 0.3) is 33.7 Å². The van der Waals surface area contributed by atoms with Crippen molar-refractivity contribution < 1.29 is 14.3 Å². The number of aromatic carboxylic acids is 1. The second-order valence-electron chi connectivity index (χ2n) is 13.9. The number of nitrogens with zero attached hydrogens (tertiary/aromatic N) is 6. The first-order valence-electron chi connectivity index (χ1n) is 19.0. The lowest BCUT2D eigenvalue weighted by molar-refractivity contribution is 0.0684. The number of hydrogen-bond donors (Lipinski definition) is 1. The summed E-state index contributed by atoms with van der Waals surface area (Å²) in [6.45, 7) is 4.56. The predicted molar refractivity (Wildman–Crippen MR) is 222 cm³/mol. The molecule has 9 nitrogen and oxygen atoms in total. The fourth-order valence-corrected chi connectivity index (χ4v) is 8.30. The maximum Gasteiger partial charge on any atom is 0.354 e. The highest BCUT2D eigenvalue weighted by Crippen LogP contribution is 2.43. The first kappa shape index (κ1) is 36.8. The molecular weight excluding hydrogens is 764 g/mol. The van der Waals surface area contributed by atoms with Crippen molar-refractivity contribution in [1.29, 1.82) is 0 Å². The minimum atomic E-state index is -0.952. The number of furan rings is 1. The second kappa shape index (κ2) is 15.9. The zero-order valence-electron chi connectivity index (χ0n) is 31.3. The van der Waals surface area contributed by atoms with Gasteiger partial charge >= 0.3 is 5.97 Å². The molecule has 56 heavy (non-hydrogen) atoms. The van der Waals surface area contributed by atoms with Crippen molar-refractivity contribution >= 4 is 32.9 Å². The highest BCUT2D eigenvalue weighted by Gasteiger charge is 2.41. The molecule has 0 aliphatic rings. The number of carboxylic acids is 1. The molecule has 8 aromatic rings. The summed E-state index contributed by atoms with van der Waals surface area (Å²) in [6.07, 6.45) is 4.10. The Balaban J connectivity index is 1.21. The van der Waals surface area contributed by atoms with Crippen LogP contribution in [-0.4, -0.2) is 40.8 Å². The molecule has 8 rings (SSSR count). The summed E-state index contributed by atoms with van der Waals surface area (Å²) in [4.78, 5) is 19.1. The van der Waals surface area contributed by atoms with Crippen LogP contribution in [0.15, 0.2) is 142 Å². The quantitative estimate of drug-likeness (QED) is 0.109. The third-order valence-electron chi connectivity index (χ3n) is 10.3. The number of carboxylic acid groups (broad SMARTS) is 1. The molecule has 0 unspecified atom stereocenters. The van der Waals surface area contributed by atoms with E-state index in [1.54, 1.807) is 4.80 Å². The van der Waals surface area contributed by atoms with Crippen molar-refractivity contribution in [3.63, 3.8) is 0 Å². The number of aromatic nitrogens is 6. The van der Waals surface area contributed by atoms with Crippen LogP contribution < -0.4 is 0 Å². The Morgan fingerprint density at radius 2 is 1.38 bits per heavy atom. The van der Waals surface area contributed by atoms with E-state index in [1.165, 1.54) is 0 Å². The molecule has 5 aromatic carbocycles. The van der Waals surface area contributed by atoms with Crippen LogP contribution in [0.5, 0.6) is 0 Å². The van der Waals surface area contributed by atoms with Crippen molar-refractivity contribution in [3.8, 4) is 22.7 Å². The van der Waals surface area contributed by atoms with Crippen molar-refractivity contribution in [3.05, 3.63) is 177 Å². The Labute approximate surface area is 333 Å². The molecule has 0 spiro atoms. The third kappa shape index (κ3) is 6.64. The molecule has 0 bridgehead atoms. The Bertz CT molecular complexity index is 2520. The van der Waals surface area contributed by atoms with Crippen LogP contribution in [0, 0.1) is 0 Å². The van der Waals surface area contributed by atoms with Gasteiger partial charge in [-0.05, 0) is 68.4 Å². The van der Waals surface area contributed by atoms with E-state index in [2.05, 4.69) is 65.3 Å². The number of benzene rings is 5. The standard InChI is InChI=1S/C46H41BrN6O3/c1-3-5-26-40-48-38(17-4-2)42(45(54)55)52(40)30-31-27-28-39-37(29-31)41(47)43(56-39)35-24-15-16-25-36(35)44-49-51-53(50-44)46(32-18-9-6-10-19-32,33-20-11-7-12-21-33)34-22-13-8-14-23-34/h6-16,18-25,27-29H,3-5,17,26,30H2,1-2H3,(H,54,55). The van der Waals surface area contributed by atoms with Crippen LogP contribution in [-0.2, 0) is 24.9 Å². The third-order valence-corrected chi connectivity index (χ3v) is 11.1. The summed E-state index contributed by atoms with van der Waals surface area (Å²) < 4.78 is 9.23. The van der Waals surface area contributed by atoms with Gasteiger partial charge in [0.2, 0.25) is 5.82 Å². The summed E-state index contributed by atoms with van der Waals surface area (Å²) in [5, 5.41) is 25.8. The van der Waals surface area contributed by atoms with Crippen molar-refractivity contribution in [1.82, 2.24) is 29.8 Å². The van der Waals surface area contributed by atoms with E-state index in [1.807, 2.05) is 102 Å². The average molecular weight is 806 g/mol. The normalized spacial score (nSPS) is 11.7. The molecule has 0 radical (unpaired) electrons. The monoisotopic (exact) mass is 804 g/mol. The summed E-state index contributed by atoms with van der Waals surface area (Å²) in [5.74, 6) is 0.939. The Hall–Kier alpha value is -6.13. The molecule has 0 amide bonds. The van der Waals surface area contributed by atoms with E-state index >= 15 is 0 Å². The lowest BCUT2D eigenvalue weighted by atomic mass is 9.77. The number of rotatable bonds is 14. The van der Waals surface area contributed by atoms with Gasteiger partial charge in [-0.2, -0.15) is 0 Å². The average Bonchev–Trinajstić information content (AvgIpc) is 3.95. The van der Waals surface area contributed by atoms with Gasteiger partial charge in [0.1, 0.15) is 17.2 Å². The van der Waals surface area contributed by atoms with Crippen LogP contribution in [0.3, 0.4) is 0 Å². The summed E-state index contributed by atoms with van der Waals surface area (Å²) >= 11 is 3.89. The van der Waals surface area contributed by atoms with Gasteiger partial charge < -0.3 is 14.1 Å². The van der Waals surface area contributed by atoms with Gasteiger partial charge in [0.15, 0.2) is 11.2 Å². The first-order chi connectivity index (χ1) is 27.4. The zero-order valence-corrected chi connectivity index (χ0v) is 32.9. The van der Waals surface area contributed by atoms with Crippen molar-refractivity contribution in [2.24, 2.45) is 0 Å². The maximum absolute atomic E-state index is 12.5. The molecule has 3 heterocycles. The molecule has 0 aliphatic carbocycles. The van der Waals surface area contributed by atoms with Crippen LogP contribution in [0.2, 0.25) is 0 Å². The number of unbranched alkanes of at least 4 members (excludes halogenated alkanes) is 1. The molecule has 0 saturated carbocycles. The molecule has 10 heteroatoms. The van der Waals surface area contributed by atoms with Crippen molar-refractivity contribution in [2.75, 3.05) is 0 Å². The Morgan fingerprint density at radius 1 is 0.768 bits per heavy atom. The maximum atomic E-state index is 12.5. The van der Waals surface area contributed by atoms with E-state index in [9.17, 15) is 9.90 Å². The minimum absolute atomic E-state index is 0.273.